The largest absolute Gasteiger partial charge is 0.398 e. The molecule has 2 N–H and O–H groups in total. The molecule has 0 aliphatic rings. The smallest absolute Gasteiger partial charge is 0.0400 e. The van der Waals surface area contributed by atoms with Crippen molar-refractivity contribution in [1.82, 2.24) is 0 Å². The van der Waals surface area contributed by atoms with Gasteiger partial charge < -0.3 is 5.73 Å². The summed E-state index contributed by atoms with van der Waals surface area (Å²) in [5.41, 5.74) is 15.9. The van der Waals surface area contributed by atoms with Crippen LogP contribution in [-0.2, 0) is 0 Å². The number of nitrogen functional groups attached to an aromatic ring is 1. The van der Waals surface area contributed by atoms with Crippen molar-refractivity contribution in [3.05, 3.63) is 174 Å². The van der Waals surface area contributed by atoms with Crippen molar-refractivity contribution in [2.75, 3.05) is 5.73 Å². The summed E-state index contributed by atoms with van der Waals surface area (Å²) in [6.07, 6.45) is 0. The third-order valence-electron chi connectivity index (χ3n) is 7.93. The molecule has 40 heavy (non-hydrogen) atoms. The van der Waals surface area contributed by atoms with Gasteiger partial charge in [0.1, 0.15) is 0 Å². The fourth-order valence-electron chi connectivity index (χ4n) is 5.94. The fourth-order valence-corrected chi connectivity index (χ4v) is 5.94. The molecule has 7 aromatic rings. The Labute approximate surface area is 235 Å². The van der Waals surface area contributed by atoms with Crippen molar-refractivity contribution in [1.29, 1.82) is 0 Å². The predicted octanol–water partition coefficient (Wildman–Crippen LogP) is 10.1. The summed E-state index contributed by atoms with van der Waals surface area (Å²) in [5, 5.41) is 4.72. The van der Waals surface area contributed by atoms with E-state index in [4.69, 9.17) is 5.73 Å². The van der Waals surface area contributed by atoms with Crippen LogP contribution >= 0.6 is 0 Å². The van der Waals surface area contributed by atoms with Gasteiger partial charge in [-0.1, -0.05) is 140 Å². The van der Waals surface area contributed by atoms with E-state index in [1.54, 1.807) is 0 Å². The van der Waals surface area contributed by atoms with Crippen LogP contribution in [0.4, 0.5) is 5.69 Å². The number of anilines is 1. The molecular weight excluding hydrogens is 482 g/mol. The maximum Gasteiger partial charge on any atom is 0.0400 e. The van der Waals surface area contributed by atoms with E-state index in [0.29, 0.717) is 0 Å². The second-order valence-electron chi connectivity index (χ2n) is 10.4. The number of benzene rings is 7. The van der Waals surface area contributed by atoms with E-state index in [0.717, 1.165) is 16.5 Å². The molecular formula is C39H29N. The first-order valence-corrected chi connectivity index (χ1v) is 13.8. The minimum Gasteiger partial charge on any atom is -0.398 e. The van der Waals surface area contributed by atoms with Crippen LogP contribution in [0.2, 0.25) is 0 Å². The molecule has 0 spiro atoms. The van der Waals surface area contributed by atoms with Crippen molar-refractivity contribution < 1.29 is 0 Å². The van der Waals surface area contributed by atoms with E-state index in [1.165, 1.54) is 49.7 Å². The highest BCUT2D eigenvalue weighted by molar-refractivity contribution is 6.05. The van der Waals surface area contributed by atoms with Gasteiger partial charge in [0.15, 0.2) is 0 Å². The number of nitrogens with two attached hydrogens (primary N) is 1. The molecule has 0 atom stereocenters. The summed E-state index contributed by atoms with van der Waals surface area (Å²) in [7, 11) is 0. The zero-order valence-electron chi connectivity index (χ0n) is 22.2. The summed E-state index contributed by atoms with van der Waals surface area (Å²) in [6, 6.07) is 56.5. The summed E-state index contributed by atoms with van der Waals surface area (Å²) in [5.74, 6) is 0.198. The second-order valence-corrected chi connectivity index (χ2v) is 10.4. The molecule has 7 aromatic carbocycles. The first-order valence-electron chi connectivity index (χ1n) is 13.8. The van der Waals surface area contributed by atoms with E-state index in [1.807, 2.05) is 12.1 Å². The minimum atomic E-state index is 0.198. The first kappa shape index (κ1) is 23.9. The molecule has 0 amide bonds. The molecule has 1 heteroatoms. The van der Waals surface area contributed by atoms with Gasteiger partial charge in [-0.15, -0.1) is 0 Å². The first-order chi connectivity index (χ1) is 19.7. The molecule has 190 valence electrons. The zero-order chi connectivity index (χ0) is 26.9. The maximum absolute atomic E-state index is 6.41. The van der Waals surface area contributed by atoms with Crippen molar-refractivity contribution >= 4 is 27.2 Å². The molecule has 0 bridgehead atoms. The highest BCUT2D eigenvalue weighted by atomic mass is 14.5. The van der Waals surface area contributed by atoms with Crippen molar-refractivity contribution in [2.24, 2.45) is 0 Å². The molecule has 0 aromatic heterocycles. The zero-order valence-corrected chi connectivity index (χ0v) is 22.2. The van der Waals surface area contributed by atoms with Crippen molar-refractivity contribution in [3.8, 4) is 22.3 Å². The highest BCUT2D eigenvalue weighted by Crippen LogP contribution is 2.36. The summed E-state index contributed by atoms with van der Waals surface area (Å²) in [4.78, 5) is 0. The predicted molar refractivity (Wildman–Crippen MR) is 171 cm³/mol. The Morgan fingerprint density at radius 1 is 0.375 bits per heavy atom. The van der Waals surface area contributed by atoms with Gasteiger partial charge >= 0.3 is 0 Å². The Kier molecular flexibility index (Phi) is 6.11. The summed E-state index contributed by atoms with van der Waals surface area (Å²) >= 11 is 0. The number of rotatable bonds is 5. The minimum absolute atomic E-state index is 0.198. The van der Waals surface area contributed by atoms with Gasteiger partial charge in [-0.05, 0) is 73.3 Å². The van der Waals surface area contributed by atoms with Crippen LogP contribution in [0.5, 0.6) is 0 Å². The average molecular weight is 512 g/mol. The summed E-state index contributed by atoms with van der Waals surface area (Å²) in [6.45, 7) is 0. The lowest BCUT2D eigenvalue weighted by Gasteiger charge is -2.19. The molecule has 1 nitrogen and oxygen atoms in total. The van der Waals surface area contributed by atoms with Crippen LogP contribution < -0.4 is 5.73 Å². The molecule has 0 radical (unpaired) electrons. The molecule has 0 saturated carbocycles. The highest BCUT2D eigenvalue weighted by Gasteiger charge is 2.16. The van der Waals surface area contributed by atoms with Crippen molar-refractivity contribution in [3.63, 3.8) is 0 Å². The van der Waals surface area contributed by atoms with Gasteiger partial charge in [0, 0.05) is 17.0 Å². The van der Waals surface area contributed by atoms with E-state index in [-0.39, 0.29) is 5.92 Å². The Balaban J connectivity index is 1.27. The Morgan fingerprint density at radius 2 is 0.925 bits per heavy atom. The lowest BCUT2D eigenvalue weighted by molar-refractivity contribution is 0.978. The Morgan fingerprint density at radius 3 is 1.60 bits per heavy atom. The molecule has 7 rings (SSSR count). The van der Waals surface area contributed by atoms with Crippen LogP contribution in [0, 0.1) is 0 Å². The number of fused-ring (bicyclic) bond motifs is 2. The van der Waals surface area contributed by atoms with Crippen LogP contribution in [0.15, 0.2) is 158 Å². The monoisotopic (exact) mass is 511 g/mol. The third-order valence-corrected chi connectivity index (χ3v) is 7.93. The van der Waals surface area contributed by atoms with E-state index in [9.17, 15) is 0 Å². The van der Waals surface area contributed by atoms with E-state index >= 15 is 0 Å². The van der Waals surface area contributed by atoms with Crippen LogP contribution in [-0.4, -0.2) is 0 Å². The standard InChI is InChI=1S/C39H29N/c40-37-16-8-14-31-13-7-15-36(39(31)37)34-24-20-28-19-23-33(25-35(28)26-34)27-17-21-32(22-18-27)38(29-9-3-1-4-10-29)30-11-5-2-6-12-30/h1-26,38H,40H2. The summed E-state index contributed by atoms with van der Waals surface area (Å²) < 4.78 is 0. The van der Waals surface area contributed by atoms with Crippen molar-refractivity contribution in [2.45, 2.75) is 5.92 Å². The molecule has 0 aliphatic heterocycles. The molecule has 0 aliphatic carbocycles. The average Bonchev–Trinajstić information content (AvgIpc) is 3.02. The molecule has 0 heterocycles. The molecule has 0 fully saturated rings. The van der Waals surface area contributed by atoms with Crippen LogP contribution in [0.3, 0.4) is 0 Å². The topological polar surface area (TPSA) is 26.0 Å². The molecule has 0 saturated heterocycles. The van der Waals surface area contributed by atoms with E-state index in [2.05, 4.69) is 146 Å². The van der Waals surface area contributed by atoms with Gasteiger partial charge in [0.2, 0.25) is 0 Å². The maximum atomic E-state index is 6.41. The Bertz CT molecular complexity index is 1890. The molecule has 0 unspecified atom stereocenters. The number of hydrogen-bond acceptors (Lipinski definition) is 1. The van der Waals surface area contributed by atoms with Gasteiger partial charge in [-0.2, -0.15) is 0 Å². The van der Waals surface area contributed by atoms with Gasteiger partial charge in [-0.25, -0.2) is 0 Å². The quantitative estimate of drug-likeness (QED) is 0.181. The SMILES string of the molecule is Nc1cccc2cccc(-c3ccc4ccc(-c5ccc(C(c6ccccc6)c6ccccc6)cc5)cc4c3)c12. The lowest BCUT2D eigenvalue weighted by atomic mass is 9.84. The fraction of sp³-hybridized carbons (Fsp3) is 0.0256. The van der Waals surface area contributed by atoms with Gasteiger partial charge in [0.05, 0.1) is 0 Å². The lowest BCUT2D eigenvalue weighted by Crippen LogP contribution is -2.03. The third kappa shape index (κ3) is 4.42. The Hall–Kier alpha value is -5.14. The van der Waals surface area contributed by atoms with Gasteiger partial charge in [0.25, 0.3) is 0 Å². The van der Waals surface area contributed by atoms with Gasteiger partial charge in [-0.3, -0.25) is 0 Å². The van der Waals surface area contributed by atoms with Crippen LogP contribution in [0.1, 0.15) is 22.6 Å². The normalized spacial score (nSPS) is 11.3. The van der Waals surface area contributed by atoms with Crippen LogP contribution in [0.25, 0.3) is 43.8 Å². The second kappa shape index (κ2) is 10.2. The van der Waals surface area contributed by atoms with E-state index < -0.39 is 0 Å². The number of hydrogen-bond donors (Lipinski definition) is 1.